The summed E-state index contributed by atoms with van der Waals surface area (Å²) in [5.74, 6) is 1.76. The Kier molecular flexibility index (Phi) is 8.55. The molecule has 3 aromatic carbocycles. The number of methoxy groups -OCH3 is 1. The van der Waals surface area contributed by atoms with E-state index in [1.54, 1.807) is 30.3 Å². The van der Waals surface area contributed by atoms with Crippen molar-refractivity contribution >= 4 is 44.4 Å². The molecule has 34 heavy (non-hydrogen) atoms. The summed E-state index contributed by atoms with van der Waals surface area (Å²) < 4.78 is 44.5. The van der Waals surface area contributed by atoms with E-state index >= 15 is 0 Å². The van der Waals surface area contributed by atoms with Crippen LogP contribution in [0.15, 0.2) is 71.6 Å². The van der Waals surface area contributed by atoms with Crippen LogP contribution in [0.5, 0.6) is 17.2 Å². The number of ether oxygens (including phenoxy) is 3. The topological polar surface area (TPSA) is 97.9 Å². The first-order valence-electron chi connectivity index (χ1n) is 10.6. The Morgan fingerprint density at radius 3 is 1.91 bits per heavy atom. The second-order valence-corrected chi connectivity index (χ2v) is 9.05. The van der Waals surface area contributed by atoms with Gasteiger partial charge in [0.15, 0.2) is 5.11 Å². The molecule has 3 aromatic rings. The predicted molar refractivity (Wildman–Crippen MR) is 139 cm³/mol. The SMILES string of the molecule is CCOc1ccc(NC(=S)Nc2ccc(S(=O)(=O)Nc3ccc(OCC)cc3)cc2OC)cc1. The van der Waals surface area contributed by atoms with Gasteiger partial charge in [0, 0.05) is 17.4 Å². The van der Waals surface area contributed by atoms with E-state index in [2.05, 4.69) is 15.4 Å². The standard InChI is InChI=1S/C24H27N3O5S2/c1-4-31-19-10-6-17(7-11-19)25-24(33)26-22-15-14-21(16-23(22)30-3)34(28,29)27-18-8-12-20(13-9-18)32-5-2/h6-16,27H,4-5H2,1-3H3,(H2,25,26,33). The lowest BCUT2D eigenvalue weighted by Crippen LogP contribution is -2.20. The molecule has 0 radical (unpaired) electrons. The van der Waals surface area contributed by atoms with Crippen molar-refractivity contribution in [2.45, 2.75) is 18.7 Å². The van der Waals surface area contributed by atoms with Gasteiger partial charge >= 0.3 is 0 Å². The fraction of sp³-hybridized carbons (Fsp3) is 0.208. The third kappa shape index (κ3) is 6.75. The minimum atomic E-state index is -3.83. The summed E-state index contributed by atoms with van der Waals surface area (Å²) in [6.07, 6.45) is 0. The Labute approximate surface area is 205 Å². The molecule has 8 nitrogen and oxygen atoms in total. The molecular formula is C24H27N3O5S2. The van der Waals surface area contributed by atoms with Crippen LogP contribution in [0.4, 0.5) is 17.1 Å². The van der Waals surface area contributed by atoms with E-state index in [0.29, 0.717) is 41.2 Å². The highest BCUT2D eigenvalue weighted by atomic mass is 32.2. The van der Waals surface area contributed by atoms with E-state index in [1.807, 2.05) is 38.1 Å². The molecule has 0 saturated carbocycles. The molecule has 0 atom stereocenters. The van der Waals surface area contributed by atoms with Gasteiger partial charge in [0.05, 0.1) is 30.9 Å². The van der Waals surface area contributed by atoms with E-state index in [9.17, 15) is 8.42 Å². The van der Waals surface area contributed by atoms with Crippen molar-refractivity contribution in [1.29, 1.82) is 0 Å². The van der Waals surface area contributed by atoms with E-state index < -0.39 is 10.0 Å². The minimum Gasteiger partial charge on any atom is -0.495 e. The van der Waals surface area contributed by atoms with E-state index in [1.165, 1.54) is 19.2 Å². The van der Waals surface area contributed by atoms with Gasteiger partial charge in [0.25, 0.3) is 10.0 Å². The lowest BCUT2D eigenvalue weighted by Gasteiger charge is -2.15. The first-order chi connectivity index (χ1) is 16.3. The Morgan fingerprint density at radius 1 is 0.824 bits per heavy atom. The summed E-state index contributed by atoms with van der Waals surface area (Å²) in [4.78, 5) is 0.0502. The molecule has 10 heteroatoms. The maximum absolute atomic E-state index is 12.9. The molecule has 3 N–H and O–H groups in total. The van der Waals surface area contributed by atoms with Crippen molar-refractivity contribution in [2.24, 2.45) is 0 Å². The predicted octanol–water partition coefficient (Wildman–Crippen LogP) is 5.10. The molecule has 0 amide bonds. The molecule has 0 heterocycles. The third-order valence-electron chi connectivity index (χ3n) is 4.57. The summed E-state index contributed by atoms with van der Waals surface area (Å²) in [5, 5.41) is 6.43. The van der Waals surface area contributed by atoms with E-state index in [0.717, 1.165) is 11.4 Å². The number of hydrogen-bond donors (Lipinski definition) is 3. The van der Waals surface area contributed by atoms with E-state index in [4.69, 9.17) is 26.4 Å². The number of benzene rings is 3. The molecule has 0 aliphatic carbocycles. The van der Waals surface area contributed by atoms with E-state index in [-0.39, 0.29) is 4.90 Å². The summed E-state index contributed by atoms with van der Waals surface area (Å²) >= 11 is 5.38. The van der Waals surface area contributed by atoms with Gasteiger partial charge in [-0.15, -0.1) is 0 Å². The number of sulfonamides is 1. The Bertz CT molecular complexity index is 1210. The van der Waals surface area contributed by atoms with Gasteiger partial charge in [-0.1, -0.05) is 0 Å². The number of anilines is 3. The van der Waals surface area contributed by atoms with Crippen molar-refractivity contribution in [3.05, 3.63) is 66.7 Å². The number of hydrogen-bond acceptors (Lipinski definition) is 6. The summed E-state index contributed by atoms with van der Waals surface area (Å²) in [6.45, 7) is 4.93. The van der Waals surface area contributed by atoms with Crippen LogP contribution in [0.25, 0.3) is 0 Å². The van der Waals surface area contributed by atoms with Crippen LogP contribution in [0.2, 0.25) is 0 Å². The highest BCUT2D eigenvalue weighted by Gasteiger charge is 2.17. The summed E-state index contributed by atoms with van der Waals surface area (Å²) in [6, 6.07) is 18.6. The molecule has 0 aromatic heterocycles. The Balaban J connectivity index is 1.69. The van der Waals surface area contributed by atoms with Crippen LogP contribution in [0.3, 0.4) is 0 Å². The lowest BCUT2D eigenvalue weighted by atomic mass is 10.3. The first-order valence-corrected chi connectivity index (χ1v) is 12.5. The molecule has 0 aliphatic rings. The smallest absolute Gasteiger partial charge is 0.262 e. The second-order valence-electron chi connectivity index (χ2n) is 6.96. The first kappa shape index (κ1) is 25.1. The Hall–Kier alpha value is -3.50. The zero-order valence-electron chi connectivity index (χ0n) is 19.1. The number of thiocarbonyl (C=S) groups is 1. The lowest BCUT2D eigenvalue weighted by molar-refractivity contribution is 0.340. The molecular weight excluding hydrogens is 474 g/mol. The highest BCUT2D eigenvalue weighted by Crippen LogP contribution is 2.29. The van der Waals surface area contributed by atoms with Crippen LogP contribution in [-0.4, -0.2) is 33.9 Å². The Morgan fingerprint density at radius 2 is 1.38 bits per heavy atom. The molecule has 3 rings (SSSR count). The molecule has 0 bridgehead atoms. The van der Waals surface area contributed by atoms with Gasteiger partial charge < -0.3 is 24.8 Å². The van der Waals surface area contributed by atoms with Gasteiger partial charge in [-0.05, 0) is 86.7 Å². The largest absolute Gasteiger partial charge is 0.495 e. The zero-order valence-corrected chi connectivity index (χ0v) is 20.8. The normalized spacial score (nSPS) is 10.8. The average Bonchev–Trinajstić information content (AvgIpc) is 2.82. The maximum atomic E-state index is 12.9. The fourth-order valence-electron chi connectivity index (χ4n) is 3.03. The van der Waals surface area contributed by atoms with Crippen molar-refractivity contribution in [2.75, 3.05) is 35.7 Å². The van der Waals surface area contributed by atoms with Crippen molar-refractivity contribution in [3.63, 3.8) is 0 Å². The highest BCUT2D eigenvalue weighted by molar-refractivity contribution is 7.92. The van der Waals surface area contributed by atoms with Crippen molar-refractivity contribution in [1.82, 2.24) is 0 Å². The molecule has 0 saturated heterocycles. The van der Waals surface area contributed by atoms with Gasteiger partial charge in [-0.2, -0.15) is 0 Å². The molecule has 0 aliphatic heterocycles. The van der Waals surface area contributed by atoms with Gasteiger partial charge in [0.1, 0.15) is 17.2 Å². The van der Waals surface area contributed by atoms with Gasteiger partial charge in [0.2, 0.25) is 0 Å². The minimum absolute atomic E-state index is 0.0502. The maximum Gasteiger partial charge on any atom is 0.262 e. The van der Waals surface area contributed by atoms with Gasteiger partial charge in [-0.3, -0.25) is 4.72 Å². The molecule has 0 spiro atoms. The average molecular weight is 502 g/mol. The quantitative estimate of drug-likeness (QED) is 0.330. The molecule has 0 fully saturated rings. The van der Waals surface area contributed by atoms with Crippen molar-refractivity contribution in [3.8, 4) is 17.2 Å². The van der Waals surface area contributed by atoms with Crippen LogP contribution in [0, 0.1) is 0 Å². The van der Waals surface area contributed by atoms with Crippen LogP contribution in [0.1, 0.15) is 13.8 Å². The fourth-order valence-corrected chi connectivity index (χ4v) is 4.33. The summed E-state index contributed by atoms with van der Waals surface area (Å²) in [5.41, 5.74) is 1.72. The summed E-state index contributed by atoms with van der Waals surface area (Å²) in [7, 11) is -2.37. The van der Waals surface area contributed by atoms with Crippen LogP contribution < -0.4 is 29.6 Å². The van der Waals surface area contributed by atoms with Gasteiger partial charge in [-0.25, -0.2) is 8.42 Å². The zero-order chi connectivity index (χ0) is 24.6. The van der Waals surface area contributed by atoms with Crippen LogP contribution >= 0.6 is 12.2 Å². The monoisotopic (exact) mass is 501 g/mol. The molecule has 180 valence electrons. The molecule has 0 unspecified atom stereocenters. The third-order valence-corrected chi connectivity index (χ3v) is 6.16. The number of rotatable bonds is 10. The van der Waals surface area contributed by atoms with Crippen molar-refractivity contribution < 1.29 is 22.6 Å². The second kappa shape index (κ2) is 11.6. The number of nitrogens with one attached hydrogen (secondary N) is 3. The van der Waals surface area contributed by atoms with Crippen LogP contribution in [-0.2, 0) is 10.0 Å².